The van der Waals surface area contributed by atoms with Crippen molar-refractivity contribution in [2.45, 2.75) is 42.6 Å². The molecule has 2 aromatic carbocycles. The molecule has 1 saturated heterocycles. The molecule has 5 aromatic rings. The highest BCUT2D eigenvalue weighted by molar-refractivity contribution is 7.99. The maximum absolute atomic E-state index is 11.0. The van der Waals surface area contributed by atoms with Gasteiger partial charge in [-0.3, -0.25) is 15.1 Å². The van der Waals surface area contributed by atoms with Gasteiger partial charge in [0.05, 0.1) is 22.7 Å². The minimum atomic E-state index is -0.389. The summed E-state index contributed by atoms with van der Waals surface area (Å²) in [6.45, 7) is 6.26. The molecule has 6 rings (SSSR count). The number of nitrogens with zero attached hydrogens (tertiary/aromatic N) is 5. The molecule has 2 atom stereocenters. The Bertz CT molecular complexity index is 1750. The van der Waals surface area contributed by atoms with E-state index < -0.39 is 0 Å². The van der Waals surface area contributed by atoms with Crippen molar-refractivity contribution in [3.05, 3.63) is 136 Å². The van der Waals surface area contributed by atoms with Crippen molar-refractivity contribution in [3.8, 4) is 5.82 Å². The lowest BCUT2D eigenvalue weighted by Crippen LogP contribution is -2.29. The zero-order valence-corrected chi connectivity index (χ0v) is 24.9. The van der Waals surface area contributed by atoms with Crippen LogP contribution in [0.2, 0.25) is 0 Å². The summed E-state index contributed by atoms with van der Waals surface area (Å²) in [4.78, 5) is 24.1. The van der Waals surface area contributed by atoms with Crippen molar-refractivity contribution >= 4 is 40.5 Å². The van der Waals surface area contributed by atoms with Crippen LogP contribution in [0.3, 0.4) is 0 Å². The number of hydrogen-bond donors (Lipinski definition) is 1. The van der Waals surface area contributed by atoms with Crippen LogP contribution in [0.5, 0.6) is 0 Å². The van der Waals surface area contributed by atoms with Crippen molar-refractivity contribution in [1.82, 2.24) is 19.9 Å². The highest BCUT2D eigenvalue weighted by atomic mass is 32.2. The molecule has 0 saturated carbocycles. The van der Waals surface area contributed by atoms with E-state index in [0.29, 0.717) is 5.11 Å². The normalized spacial score (nSPS) is 16.5. The molecule has 1 fully saturated rings. The quantitative estimate of drug-likeness (QED) is 0.119. The average Bonchev–Trinajstić information content (AvgIpc) is 3.49. The molecule has 0 aliphatic carbocycles. The fraction of sp³-hybridized carbons (Fsp3) is 0.156. The largest absolute Gasteiger partial charge is 0.351 e. The molecule has 1 aliphatic rings. The van der Waals surface area contributed by atoms with E-state index in [9.17, 15) is 10.1 Å². The number of pyridine rings is 2. The van der Waals surface area contributed by atoms with Crippen LogP contribution in [0.4, 0.5) is 11.4 Å². The van der Waals surface area contributed by atoms with Crippen LogP contribution in [-0.4, -0.2) is 24.6 Å². The predicted octanol–water partition coefficient (Wildman–Crippen LogP) is 7.43. The van der Waals surface area contributed by atoms with Gasteiger partial charge in [0, 0.05) is 51.4 Å². The Kier molecular flexibility index (Phi) is 7.49. The summed E-state index contributed by atoms with van der Waals surface area (Å²) in [5.74, 6) is 0.879. The zero-order valence-electron chi connectivity index (χ0n) is 23.3. The summed E-state index contributed by atoms with van der Waals surface area (Å²) in [5.41, 5.74) is 6.39. The van der Waals surface area contributed by atoms with Crippen LogP contribution in [0.1, 0.15) is 40.3 Å². The molecular formula is C32H28N6O2S2. The Morgan fingerprint density at radius 3 is 2.26 bits per heavy atom. The van der Waals surface area contributed by atoms with Crippen molar-refractivity contribution in [3.63, 3.8) is 0 Å². The number of anilines is 1. The van der Waals surface area contributed by atoms with Crippen molar-refractivity contribution < 1.29 is 4.92 Å². The van der Waals surface area contributed by atoms with Gasteiger partial charge in [0.1, 0.15) is 5.82 Å². The third-order valence-corrected chi connectivity index (χ3v) is 8.74. The van der Waals surface area contributed by atoms with Gasteiger partial charge in [0.25, 0.3) is 5.69 Å². The molecule has 42 heavy (non-hydrogen) atoms. The van der Waals surface area contributed by atoms with E-state index in [4.69, 9.17) is 22.2 Å². The van der Waals surface area contributed by atoms with Crippen LogP contribution in [0.15, 0.2) is 107 Å². The maximum atomic E-state index is 11.0. The lowest BCUT2D eigenvalue weighted by molar-refractivity contribution is -0.384. The predicted molar refractivity (Wildman–Crippen MR) is 169 cm³/mol. The molecule has 3 aromatic heterocycles. The van der Waals surface area contributed by atoms with Crippen molar-refractivity contribution in [2.24, 2.45) is 0 Å². The second kappa shape index (κ2) is 11.4. The van der Waals surface area contributed by atoms with Gasteiger partial charge in [-0.05, 0) is 105 Å². The molecule has 8 nitrogen and oxygen atoms in total. The summed E-state index contributed by atoms with van der Waals surface area (Å²) < 4.78 is 2.19. The number of rotatable bonds is 7. The van der Waals surface area contributed by atoms with E-state index in [-0.39, 0.29) is 22.7 Å². The van der Waals surface area contributed by atoms with Gasteiger partial charge >= 0.3 is 0 Å². The summed E-state index contributed by atoms with van der Waals surface area (Å²) in [7, 11) is 0. The van der Waals surface area contributed by atoms with Crippen LogP contribution >= 0.6 is 24.0 Å². The van der Waals surface area contributed by atoms with Gasteiger partial charge < -0.3 is 14.8 Å². The molecule has 4 heterocycles. The lowest BCUT2D eigenvalue weighted by Gasteiger charge is -2.28. The van der Waals surface area contributed by atoms with E-state index in [0.717, 1.165) is 49.5 Å². The van der Waals surface area contributed by atoms with E-state index >= 15 is 0 Å². The standard InChI is InChI=1S/C32H28N6O2S2/c1-20-7-16-29(34-19-20)36-21(2)18-27(22(36)3)31-30(28-6-4-5-17-33-28)35-32(41)37(31)23-8-12-25(13-9-23)42-26-14-10-24(11-15-26)38(39)40/h4-19,30-31H,1-3H3,(H,35,41)/t30-,31+/m0/s1. The molecular weight excluding hydrogens is 565 g/mol. The first-order chi connectivity index (χ1) is 20.3. The fourth-order valence-corrected chi connectivity index (χ4v) is 6.59. The first kappa shape index (κ1) is 27.6. The SMILES string of the molecule is Cc1ccc(-n2c(C)cc([C@@H]3[C@H](c4ccccn4)NC(=S)N3c3ccc(Sc4ccc([N+](=O)[O-])cc4)cc3)c2C)nc1. The first-order valence-electron chi connectivity index (χ1n) is 13.4. The van der Waals surface area contributed by atoms with Gasteiger partial charge in [0.2, 0.25) is 0 Å². The highest BCUT2D eigenvalue weighted by Gasteiger charge is 2.42. The Hall–Kier alpha value is -4.54. The molecule has 0 spiro atoms. The number of non-ortho nitro benzene ring substituents is 1. The monoisotopic (exact) mass is 592 g/mol. The zero-order chi connectivity index (χ0) is 29.4. The van der Waals surface area contributed by atoms with Crippen LogP contribution in [-0.2, 0) is 0 Å². The molecule has 1 N–H and O–H groups in total. The second-order valence-electron chi connectivity index (χ2n) is 10.2. The molecule has 10 heteroatoms. The Morgan fingerprint density at radius 1 is 0.929 bits per heavy atom. The lowest BCUT2D eigenvalue weighted by atomic mass is 9.96. The number of nitro groups is 1. The Balaban J connectivity index is 1.37. The van der Waals surface area contributed by atoms with Crippen molar-refractivity contribution in [1.29, 1.82) is 0 Å². The number of hydrogen-bond acceptors (Lipinski definition) is 6. The number of aryl methyl sites for hydroxylation is 2. The van der Waals surface area contributed by atoms with Gasteiger partial charge in [-0.2, -0.15) is 0 Å². The molecule has 0 unspecified atom stereocenters. The van der Waals surface area contributed by atoms with E-state index in [1.165, 1.54) is 12.1 Å². The minimum Gasteiger partial charge on any atom is -0.351 e. The minimum absolute atomic E-state index is 0.0794. The van der Waals surface area contributed by atoms with Crippen molar-refractivity contribution in [2.75, 3.05) is 4.90 Å². The number of thiocarbonyl (C=S) groups is 1. The van der Waals surface area contributed by atoms with Gasteiger partial charge in [-0.15, -0.1) is 0 Å². The number of aromatic nitrogens is 3. The Labute approximate surface area is 253 Å². The molecule has 0 amide bonds. The van der Waals surface area contributed by atoms with E-state index in [2.05, 4.69) is 65.0 Å². The Morgan fingerprint density at radius 2 is 1.64 bits per heavy atom. The number of benzene rings is 2. The topological polar surface area (TPSA) is 89.1 Å². The van der Waals surface area contributed by atoms with Gasteiger partial charge in [0.15, 0.2) is 5.11 Å². The fourth-order valence-electron chi connectivity index (χ4n) is 5.43. The molecule has 0 bridgehead atoms. The van der Waals surface area contributed by atoms with E-state index in [1.807, 2.05) is 43.6 Å². The van der Waals surface area contributed by atoms with E-state index in [1.54, 1.807) is 23.9 Å². The summed E-state index contributed by atoms with van der Waals surface area (Å²) in [5, 5.41) is 15.2. The number of nitro benzene ring substituents is 1. The second-order valence-corrected chi connectivity index (χ2v) is 11.7. The van der Waals surface area contributed by atoms with Crippen LogP contribution in [0, 0.1) is 30.9 Å². The maximum Gasteiger partial charge on any atom is 0.269 e. The molecule has 210 valence electrons. The van der Waals surface area contributed by atoms with Gasteiger partial charge in [-0.25, -0.2) is 4.98 Å². The summed E-state index contributed by atoms with van der Waals surface area (Å²) >= 11 is 7.50. The first-order valence-corrected chi connectivity index (χ1v) is 14.7. The third kappa shape index (κ3) is 5.26. The average molecular weight is 593 g/mol. The van der Waals surface area contributed by atoms with Gasteiger partial charge in [-0.1, -0.05) is 23.9 Å². The highest BCUT2D eigenvalue weighted by Crippen LogP contribution is 2.44. The summed E-state index contributed by atoms with van der Waals surface area (Å²) in [6, 6.07) is 26.8. The van der Waals surface area contributed by atoms with Crippen LogP contribution in [0.25, 0.3) is 5.82 Å². The summed E-state index contributed by atoms with van der Waals surface area (Å²) in [6.07, 6.45) is 3.70. The number of nitrogens with one attached hydrogen (secondary N) is 1. The smallest absolute Gasteiger partial charge is 0.269 e. The molecule has 0 radical (unpaired) electrons. The molecule has 1 aliphatic heterocycles. The van der Waals surface area contributed by atoms with Crippen LogP contribution < -0.4 is 10.2 Å². The third-order valence-electron chi connectivity index (χ3n) is 7.41.